The maximum absolute atomic E-state index is 5.42. The van der Waals surface area contributed by atoms with Gasteiger partial charge in [0.15, 0.2) is 0 Å². The minimum Gasteiger partial charge on any atom is -0.360 e. The second kappa shape index (κ2) is 14.0. The van der Waals surface area contributed by atoms with Crippen molar-refractivity contribution in [3.8, 4) is 16.8 Å². The first-order chi connectivity index (χ1) is 29.6. The Balaban J connectivity index is 1.02. The SMILES string of the molecule is CC1=CC2=c3cccc(-c4ccc5c(c4)c4ccccc4n5-c4ccc5ccccc5c4)c3=C3C=CC(C4N=C(C5=CC=CCC5)C=C(c5ccccc5)N4)=CC3C2C=C1. The highest BCUT2D eigenvalue weighted by Crippen LogP contribution is 2.42. The zero-order chi connectivity index (χ0) is 39.7. The molecule has 1 aliphatic heterocycles. The number of hydrogen-bond donors (Lipinski definition) is 1. The molecule has 3 heteroatoms. The molecule has 0 spiro atoms. The Bertz CT molecular complexity index is 3360. The molecule has 0 saturated heterocycles. The topological polar surface area (TPSA) is 29.3 Å². The van der Waals surface area contributed by atoms with E-state index >= 15 is 0 Å². The van der Waals surface area contributed by atoms with E-state index < -0.39 is 0 Å². The van der Waals surface area contributed by atoms with Gasteiger partial charge in [0, 0.05) is 34.0 Å². The lowest BCUT2D eigenvalue weighted by Crippen LogP contribution is -2.41. The van der Waals surface area contributed by atoms with Crippen LogP contribution in [-0.4, -0.2) is 16.4 Å². The highest BCUT2D eigenvalue weighted by atomic mass is 15.1. The van der Waals surface area contributed by atoms with Crippen LogP contribution in [-0.2, 0) is 0 Å². The molecule has 6 aromatic carbocycles. The van der Waals surface area contributed by atoms with Gasteiger partial charge in [0.05, 0.1) is 16.7 Å². The molecule has 3 unspecified atom stereocenters. The molecular weight excluding hydrogens is 727 g/mol. The van der Waals surface area contributed by atoms with Crippen molar-refractivity contribution in [2.45, 2.75) is 25.9 Å². The van der Waals surface area contributed by atoms with Crippen molar-refractivity contribution in [3.63, 3.8) is 0 Å². The molecule has 3 nitrogen and oxygen atoms in total. The molecule has 7 aromatic rings. The summed E-state index contributed by atoms with van der Waals surface area (Å²) in [6.45, 7) is 2.22. The number of hydrogen-bond acceptors (Lipinski definition) is 2. The molecule has 5 aliphatic rings. The fourth-order valence-electron chi connectivity index (χ4n) is 10.2. The molecule has 4 aliphatic carbocycles. The van der Waals surface area contributed by atoms with E-state index in [2.05, 4.69) is 211 Å². The first-order valence-corrected chi connectivity index (χ1v) is 21.3. The lowest BCUT2D eigenvalue weighted by molar-refractivity contribution is 0.659. The van der Waals surface area contributed by atoms with Crippen LogP contribution in [0.25, 0.3) is 66.2 Å². The average molecular weight is 770 g/mol. The van der Waals surface area contributed by atoms with Crippen LogP contribution in [0.4, 0.5) is 0 Å². The maximum atomic E-state index is 5.42. The van der Waals surface area contributed by atoms with Gasteiger partial charge < -0.3 is 9.88 Å². The fourth-order valence-corrected chi connectivity index (χ4v) is 10.2. The Hall–Kier alpha value is -7.23. The van der Waals surface area contributed by atoms with Crippen molar-refractivity contribution in [2.75, 3.05) is 0 Å². The molecule has 0 amide bonds. The highest BCUT2D eigenvalue weighted by molar-refractivity contribution is 6.13. The van der Waals surface area contributed by atoms with Gasteiger partial charge in [0.25, 0.3) is 0 Å². The van der Waals surface area contributed by atoms with E-state index in [0.717, 1.165) is 24.3 Å². The van der Waals surface area contributed by atoms with Crippen LogP contribution in [0.15, 0.2) is 216 Å². The second-order valence-corrected chi connectivity index (χ2v) is 16.7. The van der Waals surface area contributed by atoms with Crippen molar-refractivity contribution < 1.29 is 0 Å². The van der Waals surface area contributed by atoms with Crippen LogP contribution in [0.2, 0.25) is 0 Å². The number of rotatable bonds is 5. The van der Waals surface area contributed by atoms with E-state index in [1.54, 1.807) is 0 Å². The molecule has 0 saturated carbocycles. The highest BCUT2D eigenvalue weighted by Gasteiger charge is 2.33. The normalized spacial score (nSPS) is 20.5. The minimum atomic E-state index is -0.197. The van der Waals surface area contributed by atoms with Crippen molar-refractivity contribution in [3.05, 3.63) is 227 Å². The average Bonchev–Trinajstić information content (AvgIpc) is 3.65. The number of fused-ring (bicyclic) bond motifs is 8. The lowest BCUT2D eigenvalue weighted by Gasteiger charge is -2.35. The number of benzene rings is 6. The summed E-state index contributed by atoms with van der Waals surface area (Å²) in [5, 5.41) is 11.5. The molecule has 1 aromatic heterocycles. The summed E-state index contributed by atoms with van der Waals surface area (Å²) in [6, 6.07) is 49.0. The van der Waals surface area contributed by atoms with Gasteiger partial charge in [0.1, 0.15) is 6.17 Å². The van der Waals surface area contributed by atoms with Crippen LogP contribution >= 0.6 is 0 Å². The Kier molecular flexibility index (Phi) is 8.09. The maximum Gasteiger partial charge on any atom is 0.145 e. The van der Waals surface area contributed by atoms with Gasteiger partial charge >= 0.3 is 0 Å². The summed E-state index contributed by atoms with van der Waals surface area (Å²) in [7, 11) is 0. The molecule has 286 valence electrons. The fraction of sp³-hybridized carbons (Fsp3) is 0.105. The predicted octanol–water partition coefficient (Wildman–Crippen LogP) is 11.9. The van der Waals surface area contributed by atoms with Crippen LogP contribution in [0.3, 0.4) is 0 Å². The van der Waals surface area contributed by atoms with E-state index in [4.69, 9.17) is 4.99 Å². The van der Waals surface area contributed by atoms with Crippen LogP contribution in [0.1, 0.15) is 25.3 Å². The molecule has 0 fully saturated rings. The molecular formula is C57H43N3. The third-order valence-electron chi connectivity index (χ3n) is 13.1. The van der Waals surface area contributed by atoms with E-state index in [9.17, 15) is 0 Å². The minimum absolute atomic E-state index is 0.163. The number of allylic oxidation sites excluding steroid dienone is 11. The van der Waals surface area contributed by atoms with Crippen LogP contribution in [0.5, 0.6) is 0 Å². The zero-order valence-electron chi connectivity index (χ0n) is 33.5. The Morgan fingerprint density at radius 3 is 2.42 bits per heavy atom. The molecule has 12 rings (SSSR count). The van der Waals surface area contributed by atoms with Crippen molar-refractivity contribution in [2.24, 2.45) is 16.8 Å². The van der Waals surface area contributed by atoms with Crippen LogP contribution in [0, 0.1) is 11.8 Å². The molecule has 1 N–H and O–H groups in total. The molecule has 2 heterocycles. The van der Waals surface area contributed by atoms with E-state index in [0.29, 0.717) is 0 Å². The van der Waals surface area contributed by atoms with Gasteiger partial charge in [-0.1, -0.05) is 163 Å². The lowest BCUT2D eigenvalue weighted by atomic mass is 9.70. The Morgan fingerprint density at radius 2 is 1.52 bits per heavy atom. The summed E-state index contributed by atoms with van der Waals surface area (Å²) in [5.74, 6) is 0.396. The van der Waals surface area contributed by atoms with Gasteiger partial charge in [0.2, 0.25) is 0 Å². The van der Waals surface area contributed by atoms with Gasteiger partial charge in [-0.15, -0.1) is 0 Å². The molecule has 3 atom stereocenters. The molecule has 0 radical (unpaired) electrons. The first kappa shape index (κ1) is 34.8. The van der Waals surface area contributed by atoms with Gasteiger partial charge in [-0.05, 0) is 116 Å². The Morgan fingerprint density at radius 1 is 0.667 bits per heavy atom. The summed E-state index contributed by atoms with van der Waals surface area (Å²) < 4.78 is 2.43. The van der Waals surface area contributed by atoms with E-state index in [1.165, 1.54) is 93.3 Å². The number of nitrogens with zero attached hydrogens (tertiary/aromatic N) is 2. The second-order valence-electron chi connectivity index (χ2n) is 16.7. The third-order valence-corrected chi connectivity index (χ3v) is 13.1. The standard InChI is InChI=1S/C57H43N3/c1-36-23-28-45-49(31-36)47-21-12-20-44(41-26-30-55-51(33-41)46-19-10-11-22-54(46)60(55)43-27-24-37-13-8-9-18-40(37)32-43)56(47)48-29-25-42(34-50(45)48)57-58-52(38-14-4-2-5-15-38)35-53(59-57)39-16-6-3-7-17-39/h2-6,8-16,18-35,45,50,57-58H,7,17H2,1H3. The first-order valence-electron chi connectivity index (χ1n) is 21.3. The summed E-state index contributed by atoms with van der Waals surface area (Å²) >= 11 is 0. The molecule has 60 heavy (non-hydrogen) atoms. The smallest absolute Gasteiger partial charge is 0.145 e. The number of aliphatic imine (C=N–C) groups is 1. The Labute approximate surface area is 350 Å². The predicted molar refractivity (Wildman–Crippen MR) is 252 cm³/mol. The van der Waals surface area contributed by atoms with Gasteiger partial charge in [-0.3, -0.25) is 4.99 Å². The van der Waals surface area contributed by atoms with Crippen molar-refractivity contribution in [1.82, 2.24) is 9.88 Å². The number of aromatic nitrogens is 1. The number of nitrogens with one attached hydrogen (secondary N) is 1. The quantitative estimate of drug-likeness (QED) is 0.186. The van der Waals surface area contributed by atoms with Crippen LogP contribution < -0.4 is 15.8 Å². The van der Waals surface area contributed by atoms with Crippen molar-refractivity contribution >= 4 is 55.1 Å². The summed E-state index contributed by atoms with van der Waals surface area (Å²) in [6.07, 6.45) is 25.2. The summed E-state index contributed by atoms with van der Waals surface area (Å²) in [5.41, 5.74) is 16.0. The largest absolute Gasteiger partial charge is 0.360 e. The van der Waals surface area contributed by atoms with Crippen molar-refractivity contribution in [1.29, 1.82) is 0 Å². The summed E-state index contributed by atoms with van der Waals surface area (Å²) in [4.78, 5) is 5.42. The van der Waals surface area contributed by atoms with E-state index in [1.807, 2.05) is 0 Å². The monoisotopic (exact) mass is 769 g/mol. The third kappa shape index (κ3) is 5.68. The molecule has 0 bridgehead atoms. The zero-order valence-corrected chi connectivity index (χ0v) is 33.5. The van der Waals surface area contributed by atoms with E-state index in [-0.39, 0.29) is 18.0 Å². The number of para-hydroxylation sites is 1. The van der Waals surface area contributed by atoms with Gasteiger partial charge in [-0.25, -0.2) is 0 Å². The van der Waals surface area contributed by atoms with Gasteiger partial charge in [-0.2, -0.15) is 0 Å².